The summed E-state index contributed by atoms with van der Waals surface area (Å²) in [5.74, 6) is -0.988. The lowest BCUT2D eigenvalue weighted by molar-refractivity contribution is 0.0384. The van der Waals surface area contributed by atoms with Crippen molar-refractivity contribution >= 4 is 23.4 Å². The van der Waals surface area contributed by atoms with Crippen LogP contribution >= 0.6 is 0 Å². The lowest BCUT2D eigenvalue weighted by atomic mass is 10.1. The Kier molecular flexibility index (Phi) is 7.21. The molecule has 3 amide bonds. The van der Waals surface area contributed by atoms with Crippen LogP contribution < -0.4 is 5.32 Å². The van der Waals surface area contributed by atoms with Gasteiger partial charge in [0.15, 0.2) is 0 Å². The second kappa shape index (κ2) is 10.8. The molecule has 0 atom stereocenters. The second-order valence-corrected chi connectivity index (χ2v) is 9.11. The van der Waals surface area contributed by atoms with Crippen molar-refractivity contribution in [1.29, 1.82) is 0 Å². The Balaban J connectivity index is 1.19. The number of anilines is 1. The van der Waals surface area contributed by atoms with E-state index in [9.17, 15) is 14.4 Å². The maximum absolute atomic E-state index is 12.9. The predicted octanol–water partition coefficient (Wildman–Crippen LogP) is 3.65. The van der Waals surface area contributed by atoms with Crippen molar-refractivity contribution in [3.63, 3.8) is 0 Å². The molecule has 0 aliphatic carbocycles. The first kappa shape index (κ1) is 23.9. The molecule has 0 bridgehead atoms. The Morgan fingerprint density at radius 1 is 0.778 bits per heavy atom. The highest BCUT2D eigenvalue weighted by atomic mass is 16.5. The number of carbonyl (C=O) groups excluding carboxylic acids is 3. The minimum absolute atomic E-state index is 0.277. The van der Waals surface area contributed by atoms with Crippen LogP contribution in [0.5, 0.6) is 0 Å². The van der Waals surface area contributed by atoms with Crippen molar-refractivity contribution < 1.29 is 19.1 Å². The molecule has 0 spiro atoms. The second-order valence-electron chi connectivity index (χ2n) is 9.11. The number of carbonyl (C=O) groups is 3. The summed E-state index contributed by atoms with van der Waals surface area (Å²) in [6.45, 7) is 4.80. The van der Waals surface area contributed by atoms with E-state index in [4.69, 9.17) is 4.74 Å². The van der Waals surface area contributed by atoms with Crippen molar-refractivity contribution in [1.82, 2.24) is 9.80 Å². The monoisotopic (exact) mass is 483 g/mol. The molecule has 2 heterocycles. The van der Waals surface area contributed by atoms with E-state index < -0.39 is 0 Å². The summed E-state index contributed by atoms with van der Waals surface area (Å²) >= 11 is 0. The molecule has 0 radical (unpaired) electrons. The Hall–Kier alpha value is -3.81. The highest BCUT2D eigenvalue weighted by Gasteiger charge is 2.35. The molecule has 0 unspecified atom stereocenters. The molecule has 1 N–H and O–H groups in total. The number of nitrogens with one attached hydrogen (secondary N) is 1. The lowest BCUT2D eigenvalue weighted by Crippen LogP contribution is -2.37. The molecule has 1 saturated heterocycles. The summed E-state index contributed by atoms with van der Waals surface area (Å²) in [5, 5.41) is 2.89. The molecule has 0 aromatic heterocycles. The standard InChI is InChI=1S/C29H29N3O4/c33-27(30-24-9-6-22(7-10-24)12-14-31-16-18-36-19-17-31)23-8-11-25-26(20-23)29(35)32(28(25)34)15-13-21-4-2-1-3-5-21/h1-11,20H,12-19H2,(H,30,33). The number of fused-ring (bicyclic) bond motifs is 1. The van der Waals surface area contributed by atoms with Gasteiger partial charge >= 0.3 is 0 Å². The number of hydrogen-bond donors (Lipinski definition) is 1. The van der Waals surface area contributed by atoms with Crippen LogP contribution in [0.3, 0.4) is 0 Å². The van der Waals surface area contributed by atoms with Gasteiger partial charge in [0.1, 0.15) is 0 Å². The van der Waals surface area contributed by atoms with Crippen molar-refractivity contribution in [3.05, 3.63) is 101 Å². The van der Waals surface area contributed by atoms with Gasteiger partial charge in [-0.3, -0.25) is 24.2 Å². The number of morpholine rings is 1. The Bertz CT molecular complexity index is 1250. The van der Waals surface area contributed by atoms with Gasteiger partial charge in [0.05, 0.1) is 24.3 Å². The van der Waals surface area contributed by atoms with E-state index in [-0.39, 0.29) is 23.3 Å². The molecule has 5 rings (SSSR count). The first-order valence-electron chi connectivity index (χ1n) is 12.3. The fourth-order valence-electron chi connectivity index (χ4n) is 4.59. The van der Waals surface area contributed by atoms with E-state index in [1.54, 1.807) is 12.1 Å². The van der Waals surface area contributed by atoms with Crippen LogP contribution in [0.15, 0.2) is 72.8 Å². The molecule has 2 aliphatic heterocycles. The van der Waals surface area contributed by atoms with Gasteiger partial charge in [0, 0.05) is 37.4 Å². The third-order valence-corrected chi connectivity index (χ3v) is 6.73. The quantitative estimate of drug-likeness (QED) is 0.495. The van der Waals surface area contributed by atoms with E-state index in [1.807, 2.05) is 54.6 Å². The SMILES string of the molecule is O=C(Nc1ccc(CCN2CCOCC2)cc1)c1ccc2c(c1)C(=O)N(CCc1ccccc1)C2=O. The van der Waals surface area contributed by atoms with Gasteiger partial charge in [-0.2, -0.15) is 0 Å². The number of hydrogen-bond acceptors (Lipinski definition) is 5. The van der Waals surface area contributed by atoms with Gasteiger partial charge < -0.3 is 10.1 Å². The zero-order valence-electron chi connectivity index (χ0n) is 20.1. The first-order valence-corrected chi connectivity index (χ1v) is 12.3. The number of nitrogens with zero attached hydrogens (tertiary/aromatic N) is 2. The van der Waals surface area contributed by atoms with Gasteiger partial charge in [-0.25, -0.2) is 0 Å². The summed E-state index contributed by atoms with van der Waals surface area (Å²) in [4.78, 5) is 42.2. The van der Waals surface area contributed by atoms with Crippen LogP contribution in [0.2, 0.25) is 0 Å². The van der Waals surface area contributed by atoms with Crippen LogP contribution in [-0.4, -0.2) is 66.9 Å². The topological polar surface area (TPSA) is 79.0 Å². The largest absolute Gasteiger partial charge is 0.379 e. The number of ether oxygens (including phenoxy) is 1. The molecule has 3 aromatic rings. The summed E-state index contributed by atoms with van der Waals surface area (Å²) < 4.78 is 5.39. The van der Waals surface area contributed by atoms with Gasteiger partial charge in [-0.1, -0.05) is 42.5 Å². The third kappa shape index (κ3) is 5.37. The highest BCUT2D eigenvalue weighted by Crippen LogP contribution is 2.25. The summed E-state index contributed by atoms with van der Waals surface area (Å²) in [6.07, 6.45) is 1.53. The minimum atomic E-state index is -0.356. The van der Waals surface area contributed by atoms with E-state index in [1.165, 1.54) is 16.5 Å². The normalized spacial score (nSPS) is 15.7. The van der Waals surface area contributed by atoms with Crippen molar-refractivity contribution in [2.75, 3.05) is 44.7 Å². The molecule has 2 aliphatic rings. The summed E-state index contributed by atoms with van der Waals surface area (Å²) in [6, 6.07) is 22.2. The Labute approximate surface area is 210 Å². The molecule has 3 aromatic carbocycles. The Morgan fingerprint density at radius 3 is 2.19 bits per heavy atom. The van der Waals surface area contributed by atoms with E-state index >= 15 is 0 Å². The molecule has 36 heavy (non-hydrogen) atoms. The average Bonchev–Trinajstić information content (AvgIpc) is 3.16. The van der Waals surface area contributed by atoms with Gasteiger partial charge in [-0.15, -0.1) is 0 Å². The van der Waals surface area contributed by atoms with Crippen LogP contribution in [0.1, 0.15) is 42.2 Å². The van der Waals surface area contributed by atoms with Gasteiger partial charge in [0.2, 0.25) is 0 Å². The highest BCUT2D eigenvalue weighted by molar-refractivity contribution is 6.22. The number of imide groups is 1. The molecule has 184 valence electrons. The van der Waals surface area contributed by atoms with Crippen LogP contribution in [0, 0.1) is 0 Å². The fraction of sp³-hybridized carbons (Fsp3) is 0.276. The molecule has 0 saturated carbocycles. The maximum Gasteiger partial charge on any atom is 0.261 e. The molecular weight excluding hydrogens is 454 g/mol. The van der Waals surface area contributed by atoms with E-state index in [0.29, 0.717) is 29.8 Å². The Morgan fingerprint density at radius 2 is 1.44 bits per heavy atom. The smallest absolute Gasteiger partial charge is 0.261 e. The first-order chi connectivity index (χ1) is 17.6. The van der Waals surface area contributed by atoms with Crippen LogP contribution in [0.4, 0.5) is 5.69 Å². The van der Waals surface area contributed by atoms with Gasteiger partial charge in [-0.05, 0) is 54.3 Å². The minimum Gasteiger partial charge on any atom is -0.379 e. The maximum atomic E-state index is 12.9. The van der Waals surface area contributed by atoms with E-state index in [2.05, 4.69) is 10.2 Å². The zero-order chi connectivity index (χ0) is 24.9. The summed E-state index contributed by atoms with van der Waals surface area (Å²) in [5.41, 5.74) is 3.91. The fourth-order valence-corrected chi connectivity index (χ4v) is 4.59. The molecular formula is C29H29N3O4. The molecule has 7 heteroatoms. The van der Waals surface area contributed by atoms with Crippen molar-refractivity contribution in [2.24, 2.45) is 0 Å². The summed E-state index contributed by atoms with van der Waals surface area (Å²) in [7, 11) is 0. The molecule has 7 nitrogen and oxygen atoms in total. The van der Waals surface area contributed by atoms with Crippen molar-refractivity contribution in [3.8, 4) is 0 Å². The van der Waals surface area contributed by atoms with Crippen LogP contribution in [-0.2, 0) is 17.6 Å². The lowest BCUT2D eigenvalue weighted by Gasteiger charge is -2.26. The average molecular weight is 484 g/mol. The number of rotatable bonds is 8. The number of amides is 3. The zero-order valence-corrected chi connectivity index (χ0v) is 20.1. The third-order valence-electron chi connectivity index (χ3n) is 6.73. The van der Waals surface area contributed by atoms with Gasteiger partial charge in [0.25, 0.3) is 17.7 Å². The van der Waals surface area contributed by atoms with E-state index in [0.717, 1.165) is 44.8 Å². The van der Waals surface area contributed by atoms with Crippen LogP contribution in [0.25, 0.3) is 0 Å². The predicted molar refractivity (Wildman–Crippen MR) is 137 cm³/mol. The van der Waals surface area contributed by atoms with Crippen molar-refractivity contribution in [2.45, 2.75) is 12.8 Å². The number of benzene rings is 3. The molecule has 1 fully saturated rings.